The van der Waals surface area contributed by atoms with Gasteiger partial charge in [-0.2, -0.15) is 0 Å². The topological polar surface area (TPSA) is 58.6 Å². The molecule has 0 radical (unpaired) electrons. The largest absolute Gasteiger partial charge is 0.378 e. The molecule has 0 unspecified atom stereocenters. The number of amides is 2. The van der Waals surface area contributed by atoms with Gasteiger partial charge in [0, 0.05) is 26.1 Å². The Balaban J connectivity index is 0.000000146. The SMILES string of the molecule is O=C1CCCN1.O=CN1CCOCC1. The number of rotatable bonds is 1. The fourth-order valence-corrected chi connectivity index (χ4v) is 1.25. The minimum atomic E-state index is 0.204. The van der Waals surface area contributed by atoms with Gasteiger partial charge >= 0.3 is 0 Å². The first-order valence-electron chi connectivity index (χ1n) is 4.86. The van der Waals surface area contributed by atoms with Gasteiger partial charge < -0.3 is 15.0 Å². The molecule has 14 heavy (non-hydrogen) atoms. The van der Waals surface area contributed by atoms with Crippen LogP contribution in [0, 0.1) is 0 Å². The second kappa shape index (κ2) is 6.37. The van der Waals surface area contributed by atoms with Crippen molar-refractivity contribution in [3.63, 3.8) is 0 Å². The van der Waals surface area contributed by atoms with Crippen molar-refractivity contribution in [3.8, 4) is 0 Å². The van der Waals surface area contributed by atoms with E-state index < -0.39 is 0 Å². The Labute approximate surface area is 83.4 Å². The van der Waals surface area contributed by atoms with E-state index in [1.165, 1.54) is 0 Å². The molecule has 1 N–H and O–H groups in total. The van der Waals surface area contributed by atoms with Gasteiger partial charge in [0.2, 0.25) is 12.3 Å². The number of carbonyl (C=O) groups is 2. The van der Waals surface area contributed by atoms with Crippen LogP contribution < -0.4 is 5.32 Å². The molecule has 0 aromatic heterocycles. The van der Waals surface area contributed by atoms with Crippen molar-refractivity contribution >= 4 is 12.3 Å². The maximum atomic E-state index is 10.1. The van der Waals surface area contributed by atoms with Crippen LogP contribution in [0.1, 0.15) is 12.8 Å². The zero-order valence-corrected chi connectivity index (χ0v) is 8.20. The zero-order chi connectivity index (χ0) is 10.2. The highest BCUT2D eigenvalue weighted by Crippen LogP contribution is 1.93. The minimum Gasteiger partial charge on any atom is -0.378 e. The number of hydrogen-bond donors (Lipinski definition) is 1. The third-order valence-corrected chi connectivity index (χ3v) is 2.10. The summed E-state index contributed by atoms with van der Waals surface area (Å²) < 4.78 is 5.00. The van der Waals surface area contributed by atoms with Crippen LogP contribution in [0.15, 0.2) is 0 Å². The van der Waals surface area contributed by atoms with E-state index in [9.17, 15) is 9.59 Å². The van der Waals surface area contributed by atoms with Crippen molar-refractivity contribution in [2.75, 3.05) is 32.8 Å². The Morgan fingerprint density at radius 2 is 2.07 bits per heavy atom. The third kappa shape index (κ3) is 4.23. The molecule has 0 bridgehead atoms. The van der Waals surface area contributed by atoms with Gasteiger partial charge in [0.05, 0.1) is 13.2 Å². The number of hydrogen-bond acceptors (Lipinski definition) is 3. The first-order valence-corrected chi connectivity index (χ1v) is 4.86. The summed E-state index contributed by atoms with van der Waals surface area (Å²) in [7, 11) is 0. The lowest BCUT2D eigenvalue weighted by atomic mass is 10.4. The van der Waals surface area contributed by atoms with E-state index in [4.69, 9.17) is 4.74 Å². The molecule has 0 atom stereocenters. The summed E-state index contributed by atoms with van der Waals surface area (Å²) in [5.74, 6) is 0.204. The Kier molecular flexibility index (Phi) is 4.99. The minimum absolute atomic E-state index is 0.204. The molecule has 0 aromatic carbocycles. The lowest BCUT2D eigenvalue weighted by Gasteiger charge is -2.21. The van der Waals surface area contributed by atoms with Crippen LogP contribution in [0.2, 0.25) is 0 Å². The van der Waals surface area contributed by atoms with E-state index in [0.29, 0.717) is 13.2 Å². The fourth-order valence-electron chi connectivity index (χ4n) is 1.25. The van der Waals surface area contributed by atoms with E-state index >= 15 is 0 Å². The molecule has 2 saturated heterocycles. The molecule has 2 aliphatic rings. The maximum Gasteiger partial charge on any atom is 0.220 e. The molecule has 0 spiro atoms. The summed E-state index contributed by atoms with van der Waals surface area (Å²) in [6.45, 7) is 3.78. The Bertz CT molecular complexity index is 182. The Morgan fingerprint density at radius 1 is 1.36 bits per heavy atom. The number of nitrogens with one attached hydrogen (secondary N) is 1. The smallest absolute Gasteiger partial charge is 0.220 e. The van der Waals surface area contributed by atoms with Crippen molar-refractivity contribution in [1.82, 2.24) is 10.2 Å². The quantitative estimate of drug-likeness (QED) is 0.573. The summed E-state index contributed by atoms with van der Waals surface area (Å²) in [6.07, 6.45) is 2.63. The second-order valence-corrected chi connectivity index (χ2v) is 3.21. The number of ether oxygens (including phenoxy) is 1. The Morgan fingerprint density at radius 3 is 2.36 bits per heavy atom. The van der Waals surface area contributed by atoms with Crippen molar-refractivity contribution in [3.05, 3.63) is 0 Å². The predicted molar refractivity (Wildman–Crippen MR) is 50.7 cm³/mol. The van der Waals surface area contributed by atoms with Crippen molar-refractivity contribution in [2.24, 2.45) is 0 Å². The summed E-state index contributed by atoms with van der Waals surface area (Å²) >= 11 is 0. The molecular formula is C9H16N2O3. The van der Waals surface area contributed by atoms with E-state index in [2.05, 4.69) is 5.32 Å². The molecule has 0 saturated carbocycles. The summed E-state index contributed by atoms with van der Waals surface area (Å²) in [4.78, 5) is 21.9. The van der Waals surface area contributed by atoms with Crippen molar-refractivity contribution in [2.45, 2.75) is 12.8 Å². The van der Waals surface area contributed by atoms with Crippen LogP contribution in [0.4, 0.5) is 0 Å². The molecule has 2 fully saturated rings. The van der Waals surface area contributed by atoms with Crippen LogP contribution in [-0.2, 0) is 14.3 Å². The standard InChI is InChI=1S/C5H9NO2.C4H7NO/c7-5-6-1-3-8-4-2-6;6-4-2-1-3-5-4/h5H,1-4H2;1-3H2,(H,5,6). The fraction of sp³-hybridized carbons (Fsp3) is 0.778. The van der Waals surface area contributed by atoms with E-state index in [1.807, 2.05) is 0 Å². The molecule has 0 aromatic rings. The lowest BCUT2D eigenvalue weighted by Crippen LogP contribution is -2.34. The van der Waals surface area contributed by atoms with Crippen molar-refractivity contribution in [1.29, 1.82) is 0 Å². The molecule has 2 amide bonds. The first kappa shape index (κ1) is 11.0. The van der Waals surface area contributed by atoms with Gasteiger partial charge in [0.25, 0.3) is 0 Å². The molecule has 2 aliphatic heterocycles. The highest BCUT2D eigenvalue weighted by atomic mass is 16.5. The number of morpholine rings is 1. The van der Waals surface area contributed by atoms with Gasteiger partial charge in [-0.1, -0.05) is 0 Å². The molecule has 80 valence electrons. The molecule has 2 rings (SSSR count). The predicted octanol–water partition coefficient (Wildman–Crippen LogP) is -0.629. The second-order valence-electron chi connectivity index (χ2n) is 3.21. The van der Waals surface area contributed by atoms with E-state index in [1.54, 1.807) is 4.90 Å². The normalized spacial score (nSPS) is 20.9. The molecular weight excluding hydrogens is 184 g/mol. The monoisotopic (exact) mass is 200 g/mol. The highest BCUT2D eigenvalue weighted by Gasteiger charge is 2.05. The number of nitrogens with zero attached hydrogens (tertiary/aromatic N) is 1. The highest BCUT2D eigenvalue weighted by molar-refractivity contribution is 5.77. The lowest BCUT2D eigenvalue weighted by molar-refractivity contribution is -0.122. The Hall–Kier alpha value is -1.10. The van der Waals surface area contributed by atoms with Gasteiger partial charge in [-0.25, -0.2) is 0 Å². The van der Waals surface area contributed by atoms with Gasteiger partial charge in [-0.15, -0.1) is 0 Å². The molecule has 2 heterocycles. The van der Waals surface area contributed by atoms with Gasteiger partial charge in [0.15, 0.2) is 0 Å². The van der Waals surface area contributed by atoms with Crippen LogP contribution in [0.5, 0.6) is 0 Å². The average Bonchev–Trinajstić information content (AvgIpc) is 2.71. The molecule has 5 heteroatoms. The number of carbonyl (C=O) groups excluding carboxylic acids is 2. The average molecular weight is 200 g/mol. The third-order valence-electron chi connectivity index (χ3n) is 2.10. The van der Waals surface area contributed by atoms with E-state index in [-0.39, 0.29) is 5.91 Å². The maximum absolute atomic E-state index is 10.1. The first-order chi connectivity index (χ1) is 6.83. The van der Waals surface area contributed by atoms with Crippen LogP contribution in [0.3, 0.4) is 0 Å². The summed E-state index contributed by atoms with van der Waals surface area (Å²) in [5.41, 5.74) is 0. The van der Waals surface area contributed by atoms with Crippen LogP contribution >= 0.6 is 0 Å². The van der Waals surface area contributed by atoms with Gasteiger partial charge in [-0.05, 0) is 6.42 Å². The molecule has 0 aliphatic carbocycles. The van der Waals surface area contributed by atoms with Crippen molar-refractivity contribution < 1.29 is 14.3 Å². The zero-order valence-electron chi connectivity index (χ0n) is 8.20. The summed E-state index contributed by atoms with van der Waals surface area (Å²) in [5, 5.41) is 2.68. The van der Waals surface area contributed by atoms with E-state index in [0.717, 1.165) is 38.9 Å². The van der Waals surface area contributed by atoms with Gasteiger partial charge in [0.1, 0.15) is 0 Å². The molecule has 5 nitrogen and oxygen atoms in total. The summed E-state index contributed by atoms with van der Waals surface area (Å²) in [6, 6.07) is 0. The van der Waals surface area contributed by atoms with Crippen LogP contribution in [0.25, 0.3) is 0 Å². The van der Waals surface area contributed by atoms with Gasteiger partial charge in [-0.3, -0.25) is 9.59 Å². The van der Waals surface area contributed by atoms with Crippen LogP contribution in [-0.4, -0.2) is 50.1 Å².